The zero-order valence-electron chi connectivity index (χ0n) is 8.29. The fourth-order valence-electron chi connectivity index (χ4n) is 1.79. The molecule has 1 aromatic rings. The molecule has 3 heteroatoms. The highest BCUT2D eigenvalue weighted by molar-refractivity contribution is 5.99. The maximum absolute atomic E-state index is 11.4. The zero-order chi connectivity index (χ0) is 9.64. The molecule has 0 N–H and O–H groups in total. The van der Waals surface area contributed by atoms with E-state index >= 15 is 0 Å². The van der Waals surface area contributed by atoms with Crippen molar-refractivity contribution in [1.29, 1.82) is 0 Å². The van der Waals surface area contributed by atoms with Crippen molar-refractivity contribution in [1.82, 2.24) is 9.78 Å². The van der Waals surface area contributed by atoms with Crippen molar-refractivity contribution in [2.75, 3.05) is 0 Å². The Bertz CT molecular complexity index is 357. The Balaban J connectivity index is 2.53. The molecule has 1 heterocycles. The molecule has 0 unspecified atom stereocenters. The summed E-state index contributed by atoms with van der Waals surface area (Å²) in [5, 5.41) is 4.26. The quantitative estimate of drug-likeness (QED) is 0.606. The number of fused-ring (bicyclic) bond motifs is 1. The summed E-state index contributed by atoms with van der Waals surface area (Å²) in [6.07, 6.45) is 3.21. The normalized spacial score (nSPS) is 16.4. The minimum absolute atomic E-state index is 0.0157. The van der Waals surface area contributed by atoms with Crippen molar-refractivity contribution in [2.24, 2.45) is 0 Å². The first-order valence-corrected chi connectivity index (χ1v) is 4.61. The highest BCUT2D eigenvalue weighted by Crippen LogP contribution is 2.26. The van der Waals surface area contributed by atoms with E-state index in [0.29, 0.717) is 6.42 Å². The first kappa shape index (κ1) is 8.48. The monoisotopic (exact) mass is 178 g/mol. The predicted molar refractivity (Wildman–Crippen MR) is 49.9 cm³/mol. The average Bonchev–Trinajstić information content (AvgIpc) is 2.51. The summed E-state index contributed by atoms with van der Waals surface area (Å²) in [4.78, 5) is 11.4. The standard InChI is InChI=1S/C10H14N2O/c1-10(2,3)12-8-4-5-9(13)7(8)6-11-12/h6H,4-5H2,1-3H3. The molecule has 0 saturated heterocycles. The molecule has 0 aliphatic heterocycles. The smallest absolute Gasteiger partial charge is 0.166 e. The summed E-state index contributed by atoms with van der Waals surface area (Å²) < 4.78 is 1.97. The molecule has 0 amide bonds. The van der Waals surface area contributed by atoms with Crippen LogP contribution in [0.1, 0.15) is 43.2 Å². The van der Waals surface area contributed by atoms with Crippen LogP contribution in [-0.2, 0) is 12.0 Å². The van der Waals surface area contributed by atoms with Gasteiger partial charge in [0.15, 0.2) is 5.78 Å². The van der Waals surface area contributed by atoms with E-state index in [4.69, 9.17) is 0 Å². The minimum Gasteiger partial charge on any atom is -0.294 e. The molecule has 70 valence electrons. The average molecular weight is 178 g/mol. The molecule has 1 aliphatic rings. The summed E-state index contributed by atoms with van der Waals surface area (Å²) in [6, 6.07) is 0. The number of nitrogens with zero attached hydrogens (tertiary/aromatic N) is 2. The largest absolute Gasteiger partial charge is 0.294 e. The summed E-state index contributed by atoms with van der Waals surface area (Å²) in [5.74, 6) is 0.241. The second kappa shape index (κ2) is 2.44. The predicted octanol–water partition coefficient (Wildman–Crippen LogP) is 1.77. The highest BCUT2D eigenvalue weighted by atomic mass is 16.1. The molecule has 0 aromatic carbocycles. The van der Waals surface area contributed by atoms with Gasteiger partial charge >= 0.3 is 0 Å². The van der Waals surface area contributed by atoms with E-state index < -0.39 is 0 Å². The number of hydrogen-bond acceptors (Lipinski definition) is 2. The van der Waals surface area contributed by atoms with Gasteiger partial charge in [-0.25, -0.2) is 0 Å². The Hall–Kier alpha value is -1.12. The molecule has 0 atom stereocenters. The lowest BCUT2D eigenvalue weighted by Gasteiger charge is -2.21. The summed E-state index contributed by atoms with van der Waals surface area (Å²) >= 11 is 0. The number of aromatic nitrogens is 2. The van der Waals surface area contributed by atoms with Gasteiger partial charge in [-0.2, -0.15) is 5.10 Å². The maximum Gasteiger partial charge on any atom is 0.166 e. The highest BCUT2D eigenvalue weighted by Gasteiger charge is 2.28. The van der Waals surface area contributed by atoms with Gasteiger partial charge in [0.25, 0.3) is 0 Å². The fraction of sp³-hybridized carbons (Fsp3) is 0.600. The molecule has 0 saturated carbocycles. The summed E-state index contributed by atoms with van der Waals surface area (Å²) in [7, 11) is 0. The van der Waals surface area contributed by atoms with Crippen LogP contribution in [0.3, 0.4) is 0 Å². The molecule has 0 spiro atoms. The SMILES string of the molecule is CC(C)(C)n1ncc2c1CCC2=O. The summed E-state index contributed by atoms with van der Waals surface area (Å²) in [6.45, 7) is 6.30. The Kier molecular flexibility index (Phi) is 1.59. The van der Waals surface area contributed by atoms with E-state index in [-0.39, 0.29) is 11.3 Å². The molecule has 1 aromatic heterocycles. The number of hydrogen-bond donors (Lipinski definition) is 0. The molecular formula is C10H14N2O. The molecule has 2 rings (SSSR count). The zero-order valence-corrected chi connectivity index (χ0v) is 8.29. The topological polar surface area (TPSA) is 34.9 Å². The van der Waals surface area contributed by atoms with E-state index in [0.717, 1.165) is 17.7 Å². The van der Waals surface area contributed by atoms with E-state index in [2.05, 4.69) is 25.9 Å². The lowest BCUT2D eigenvalue weighted by molar-refractivity contribution is 0.0994. The lowest BCUT2D eigenvalue weighted by atomic mass is 10.1. The summed E-state index contributed by atoms with van der Waals surface area (Å²) in [5.41, 5.74) is 1.92. The third-order valence-corrected chi connectivity index (χ3v) is 2.39. The van der Waals surface area contributed by atoms with Crippen LogP contribution in [0.4, 0.5) is 0 Å². The second-order valence-corrected chi connectivity index (χ2v) is 4.51. The van der Waals surface area contributed by atoms with Crippen LogP contribution in [0.25, 0.3) is 0 Å². The number of carbonyl (C=O) groups is 1. The fourth-order valence-corrected chi connectivity index (χ4v) is 1.79. The van der Waals surface area contributed by atoms with Crippen molar-refractivity contribution in [3.05, 3.63) is 17.5 Å². The number of carbonyl (C=O) groups excluding carboxylic acids is 1. The number of Topliss-reactive ketones (excluding diaryl/α,β-unsaturated/α-hetero) is 1. The van der Waals surface area contributed by atoms with Gasteiger partial charge in [-0.3, -0.25) is 9.48 Å². The van der Waals surface area contributed by atoms with Gasteiger partial charge in [0.1, 0.15) is 0 Å². The van der Waals surface area contributed by atoms with Gasteiger partial charge < -0.3 is 0 Å². The van der Waals surface area contributed by atoms with E-state index in [1.54, 1.807) is 6.20 Å². The molecule has 13 heavy (non-hydrogen) atoms. The Labute approximate surface area is 77.7 Å². The number of ketones is 1. The minimum atomic E-state index is -0.0157. The second-order valence-electron chi connectivity index (χ2n) is 4.51. The van der Waals surface area contributed by atoms with Crippen molar-refractivity contribution in [2.45, 2.75) is 39.2 Å². The van der Waals surface area contributed by atoms with Crippen molar-refractivity contribution in [3.63, 3.8) is 0 Å². The van der Waals surface area contributed by atoms with Gasteiger partial charge in [0, 0.05) is 6.42 Å². The van der Waals surface area contributed by atoms with Crippen LogP contribution >= 0.6 is 0 Å². The van der Waals surface area contributed by atoms with Crippen LogP contribution in [0.5, 0.6) is 0 Å². The van der Waals surface area contributed by atoms with Gasteiger partial charge in [-0.1, -0.05) is 0 Å². The van der Waals surface area contributed by atoms with Crippen LogP contribution in [0, 0.1) is 0 Å². The van der Waals surface area contributed by atoms with Gasteiger partial charge in [-0.15, -0.1) is 0 Å². The van der Waals surface area contributed by atoms with Crippen molar-refractivity contribution >= 4 is 5.78 Å². The third-order valence-electron chi connectivity index (χ3n) is 2.39. The van der Waals surface area contributed by atoms with Crippen LogP contribution in [-0.4, -0.2) is 15.6 Å². The first-order chi connectivity index (χ1) is 6.00. The molecule has 0 bridgehead atoms. The van der Waals surface area contributed by atoms with Crippen molar-refractivity contribution < 1.29 is 4.79 Å². The van der Waals surface area contributed by atoms with E-state index in [9.17, 15) is 4.79 Å². The van der Waals surface area contributed by atoms with Gasteiger partial charge in [0.2, 0.25) is 0 Å². The third kappa shape index (κ3) is 1.19. The van der Waals surface area contributed by atoms with Crippen molar-refractivity contribution in [3.8, 4) is 0 Å². The molecule has 0 fully saturated rings. The first-order valence-electron chi connectivity index (χ1n) is 4.61. The van der Waals surface area contributed by atoms with Gasteiger partial charge in [-0.05, 0) is 27.2 Å². The van der Waals surface area contributed by atoms with Crippen LogP contribution < -0.4 is 0 Å². The van der Waals surface area contributed by atoms with Crippen LogP contribution in [0.15, 0.2) is 6.20 Å². The molecule has 0 radical (unpaired) electrons. The molecular weight excluding hydrogens is 164 g/mol. The van der Waals surface area contributed by atoms with Crippen LogP contribution in [0.2, 0.25) is 0 Å². The maximum atomic E-state index is 11.4. The lowest BCUT2D eigenvalue weighted by Crippen LogP contribution is -2.24. The van der Waals surface area contributed by atoms with E-state index in [1.807, 2.05) is 4.68 Å². The Morgan fingerprint density at radius 3 is 2.69 bits per heavy atom. The number of rotatable bonds is 0. The van der Waals surface area contributed by atoms with E-state index in [1.165, 1.54) is 0 Å². The van der Waals surface area contributed by atoms with Gasteiger partial charge in [0.05, 0.1) is 23.0 Å². The Morgan fingerprint density at radius 2 is 2.08 bits per heavy atom. The Morgan fingerprint density at radius 1 is 1.38 bits per heavy atom. The molecule has 1 aliphatic carbocycles. The molecule has 3 nitrogen and oxygen atoms in total.